The second kappa shape index (κ2) is 11.7. The molecule has 0 aliphatic carbocycles. The molecule has 0 aromatic heterocycles. The highest BCUT2D eigenvalue weighted by Crippen LogP contribution is 2.36. The zero-order valence-electron chi connectivity index (χ0n) is 20.0. The van der Waals surface area contributed by atoms with Crippen molar-refractivity contribution in [2.45, 2.75) is 44.1 Å². The van der Waals surface area contributed by atoms with E-state index >= 15 is 0 Å². The minimum Gasteiger partial charge on any atom is -0.467 e. The summed E-state index contributed by atoms with van der Waals surface area (Å²) in [5.74, 6) is -3.57. The molecule has 35 heavy (non-hydrogen) atoms. The first-order valence-corrected chi connectivity index (χ1v) is 12.8. The highest BCUT2D eigenvalue weighted by atomic mass is 28.4. The van der Waals surface area contributed by atoms with Crippen LogP contribution < -0.4 is 15.7 Å². The molecule has 0 saturated carbocycles. The summed E-state index contributed by atoms with van der Waals surface area (Å²) < 4.78 is 48.9. The maximum atomic E-state index is 12.6. The van der Waals surface area contributed by atoms with Crippen LogP contribution in [0.5, 0.6) is 0 Å². The van der Waals surface area contributed by atoms with Crippen molar-refractivity contribution in [2.75, 3.05) is 13.7 Å². The van der Waals surface area contributed by atoms with Crippen LogP contribution in [-0.4, -0.2) is 57.3 Å². The Morgan fingerprint density at radius 3 is 1.89 bits per heavy atom. The number of hydrogen-bond acceptors (Lipinski definition) is 5. The second-order valence-corrected chi connectivity index (χ2v) is 13.2. The number of nitrogens with one attached hydrogen (secondary N) is 1. The fourth-order valence-electron chi connectivity index (χ4n) is 3.87. The number of alkyl halides is 3. The molecule has 0 saturated heterocycles. The van der Waals surface area contributed by atoms with Crippen LogP contribution in [0.25, 0.3) is 0 Å². The predicted octanol–water partition coefficient (Wildman–Crippen LogP) is 2.70. The molecule has 0 heterocycles. The summed E-state index contributed by atoms with van der Waals surface area (Å²) in [6.07, 6.45) is -4.46. The smallest absolute Gasteiger partial charge is 0.467 e. The number of esters is 1. The maximum Gasteiger partial charge on any atom is 0.471 e. The molecule has 2 aromatic rings. The van der Waals surface area contributed by atoms with E-state index in [-0.39, 0.29) is 11.6 Å². The Morgan fingerprint density at radius 2 is 1.49 bits per heavy atom. The van der Waals surface area contributed by atoms with Crippen LogP contribution in [0.3, 0.4) is 0 Å². The van der Waals surface area contributed by atoms with Gasteiger partial charge >= 0.3 is 18.1 Å². The van der Waals surface area contributed by atoms with Crippen molar-refractivity contribution in [3.63, 3.8) is 0 Å². The molecule has 2 N–H and O–H groups in total. The third kappa shape index (κ3) is 6.80. The lowest BCUT2D eigenvalue weighted by Gasteiger charge is -2.42. The van der Waals surface area contributed by atoms with Crippen molar-refractivity contribution in [1.82, 2.24) is 5.32 Å². The van der Waals surface area contributed by atoms with Gasteiger partial charge in [0.1, 0.15) is 6.10 Å². The number of aliphatic hydroxyl groups excluding tert-OH is 1. The lowest BCUT2D eigenvalue weighted by Crippen LogP contribution is -2.66. The lowest BCUT2D eigenvalue weighted by atomic mass is 10.1. The highest BCUT2D eigenvalue weighted by Gasteiger charge is 2.50. The van der Waals surface area contributed by atoms with E-state index in [4.69, 9.17) is 4.43 Å². The molecule has 10 heteroatoms. The molecular formula is C25H30F3NO5Si. The van der Waals surface area contributed by atoms with Gasteiger partial charge in [-0.2, -0.15) is 13.2 Å². The van der Waals surface area contributed by atoms with Gasteiger partial charge in [0.25, 0.3) is 8.32 Å². The number of aliphatic hydroxyl groups is 1. The first-order chi connectivity index (χ1) is 16.3. The van der Waals surface area contributed by atoms with Crippen LogP contribution in [0, 0.1) is 0 Å². The van der Waals surface area contributed by atoms with Crippen LogP contribution in [0.15, 0.2) is 72.8 Å². The zero-order chi connectivity index (χ0) is 26.3. The zero-order valence-corrected chi connectivity index (χ0v) is 21.0. The second-order valence-electron chi connectivity index (χ2n) is 8.87. The monoisotopic (exact) mass is 509 g/mol. The summed E-state index contributed by atoms with van der Waals surface area (Å²) >= 11 is 0. The molecule has 6 nitrogen and oxygen atoms in total. The van der Waals surface area contributed by atoms with Crippen LogP contribution in [0.1, 0.15) is 20.8 Å². The third-order valence-electron chi connectivity index (χ3n) is 5.49. The fourth-order valence-corrected chi connectivity index (χ4v) is 8.38. The largest absolute Gasteiger partial charge is 0.471 e. The number of carbonyl (C=O) groups is 2. The minimum atomic E-state index is -5.22. The van der Waals surface area contributed by atoms with Gasteiger partial charge in [-0.3, -0.25) is 4.79 Å². The van der Waals surface area contributed by atoms with E-state index in [1.165, 1.54) is 11.4 Å². The average Bonchev–Trinajstić information content (AvgIpc) is 2.81. The summed E-state index contributed by atoms with van der Waals surface area (Å²) in [6, 6.07) is 17.6. The van der Waals surface area contributed by atoms with Gasteiger partial charge in [-0.15, -0.1) is 0 Å². The number of rotatable bonds is 9. The minimum absolute atomic E-state index is 0.00541. The molecular weight excluding hydrogens is 479 g/mol. The van der Waals surface area contributed by atoms with E-state index in [2.05, 4.69) is 25.5 Å². The third-order valence-corrected chi connectivity index (χ3v) is 10.5. The molecule has 0 spiro atoms. The first-order valence-electron chi connectivity index (χ1n) is 10.9. The van der Waals surface area contributed by atoms with Gasteiger partial charge < -0.3 is 19.6 Å². The fraction of sp³-hybridized carbons (Fsp3) is 0.360. The Morgan fingerprint density at radius 1 is 1.00 bits per heavy atom. The van der Waals surface area contributed by atoms with Gasteiger partial charge in [0.05, 0.1) is 13.7 Å². The maximum absolute atomic E-state index is 12.6. The van der Waals surface area contributed by atoms with Crippen LogP contribution >= 0.6 is 0 Å². The molecule has 0 fully saturated rings. The lowest BCUT2D eigenvalue weighted by molar-refractivity contribution is -0.176. The normalized spacial score (nSPS) is 14.4. The predicted molar refractivity (Wildman–Crippen MR) is 129 cm³/mol. The van der Waals surface area contributed by atoms with E-state index in [1.807, 2.05) is 60.7 Å². The van der Waals surface area contributed by atoms with Crippen LogP contribution in [0.4, 0.5) is 13.2 Å². The van der Waals surface area contributed by atoms with E-state index in [0.717, 1.165) is 23.6 Å². The molecule has 2 aromatic carbocycles. The van der Waals surface area contributed by atoms with E-state index in [1.54, 1.807) is 0 Å². The topological polar surface area (TPSA) is 84.9 Å². The molecule has 0 aliphatic rings. The van der Waals surface area contributed by atoms with Crippen molar-refractivity contribution in [1.29, 1.82) is 0 Å². The molecule has 2 atom stereocenters. The van der Waals surface area contributed by atoms with Gasteiger partial charge in [-0.1, -0.05) is 93.6 Å². The number of hydrogen-bond donors (Lipinski definition) is 2. The molecule has 190 valence electrons. The number of ether oxygens (including phenoxy) is 1. The van der Waals surface area contributed by atoms with Gasteiger partial charge in [0, 0.05) is 0 Å². The van der Waals surface area contributed by atoms with Crippen molar-refractivity contribution >= 4 is 30.6 Å². The summed E-state index contributed by atoms with van der Waals surface area (Å²) in [5.41, 5.74) is 0. The first kappa shape index (κ1) is 28.3. The SMILES string of the molecule is COC(=O)[C@@H](NC(=O)C(F)(F)F)[C@@H](O)/C=C/CO[Si](c1ccccc1)(c1ccccc1)C(C)(C)C. The molecule has 0 aliphatic heterocycles. The number of carbonyl (C=O) groups excluding carboxylic acids is 2. The van der Waals surface area contributed by atoms with Crippen molar-refractivity contribution < 1.29 is 37.0 Å². The van der Waals surface area contributed by atoms with E-state index < -0.39 is 38.5 Å². The van der Waals surface area contributed by atoms with Crippen molar-refractivity contribution in [3.8, 4) is 0 Å². The Bertz CT molecular complexity index is 968. The number of amides is 1. The summed E-state index contributed by atoms with van der Waals surface area (Å²) in [5, 5.41) is 13.5. The van der Waals surface area contributed by atoms with Crippen LogP contribution in [0.2, 0.25) is 5.04 Å². The Balaban J connectivity index is 2.32. The van der Waals surface area contributed by atoms with Crippen molar-refractivity contribution in [2.24, 2.45) is 0 Å². The summed E-state index contributed by atoms with van der Waals surface area (Å²) in [6.45, 7) is 6.25. The summed E-state index contributed by atoms with van der Waals surface area (Å²) in [4.78, 5) is 23.2. The molecule has 1 amide bonds. The standard InChI is InChI=1S/C25H30F3NO5Si/c1-24(2,3)35(18-12-7-5-8-13-18,19-14-9-6-10-15-19)34-17-11-16-20(30)21(22(31)33-4)29-23(32)25(26,27)28/h5-16,20-21,30H,17H2,1-4H3,(H,29,32)/b16-11+/t20-,21-/m0/s1. The molecule has 0 radical (unpaired) electrons. The van der Waals surface area contributed by atoms with E-state index in [0.29, 0.717) is 0 Å². The highest BCUT2D eigenvalue weighted by molar-refractivity contribution is 6.99. The Labute approximate surface area is 203 Å². The van der Waals surface area contributed by atoms with Gasteiger partial charge in [-0.05, 0) is 15.4 Å². The van der Waals surface area contributed by atoms with Gasteiger partial charge in [0.2, 0.25) is 0 Å². The Hall–Kier alpha value is -2.95. The van der Waals surface area contributed by atoms with Crippen LogP contribution in [-0.2, 0) is 18.8 Å². The number of benzene rings is 2. The number of halogens is 3. The van der Waals surface area contributed by atoms with E-state index in [9.17, 15) is 27.9 Å². The average molecular weight is 510 g/mol. The van der Waals surface area contributed by atoms with Gasteiger partial charge in [0.15, 0.2) is 6.04 Å². The van der Waals surface area contributed by atoms with Gasteiger partial charge in [-0.25, -0.2) is 4.79 Å². The number of methoxy groups -OCH3 is 1. The molecule has 0 unspecified atom stereocenters. The summed E-state index contributed by atoms with van der Waals surface area (Å²) in [7, 11) is -1.93. The molecule has 0 bridgehead atoms. The van der Waals surface area contributed by atoms with Crippen molar-refractivity contribution in [3.05, 3.63) is 72.8 Å². The Kier molecular flexibility index (Phi) is 9.42. The molecule has 2 rings (SSSR count). The quantitative estimate of drug-likeness (QED) is 0.309.